The molecule has 0 spiro atoms. The van der Waals surface area contributed by atoms with E-state index < -0.39 is 0 Å². The van der Waals surface area contributed by atoms with E-state index in [0.29, 0.717) is 34.1 Å². The summed E-state index contributed by atoms with van der Waals surface area (Å²) in [6, 6.07) is 5.62. The van der Waals surface area contributed by atoms with Gasteiger partial charge in [-0.2, -0.15) is 0 Å². The number of thiazole rings is 1. The lowest BCUT2D eigenvalue weighted by Gasteiger charge is -2.03. The fourth-order valence-electron chi connectivity index (χ4n) is 2.66. The first-order chi connectivity index (χ1) is 14.3. The Balaban J connectivity index is 1.46. The number of nitrogens with one attached hydrogen (secondary N) is 2. The SMILES string of the molecule is COCc1nc(Sc2ccnc3sc(Nc4ncnc5cccnc45)nc23)n[nH]1. The Kier molecular flexibility index (Phi) is 4.71. The Morgan fingerprint density at radius 1 is 1.10 bits per heavy atom. The van der Waals surface area contributed by atoms with Gasteiger partial charge >= 0.3 is 0 Å². The lowest BCUT2D eigenvalue weighted by atomic mass is 10.3. The van der Waals surface area contributed by atoms with Crippen molar-refractivity contribution >= 4 is 55.4 Å². The Morgan fingerprint density at radius 3 is 3.00 bits per heavy atom. The number of H-pyrrole nitrogens is 1. The van der Waals surface area contributed by atoms with Crippen LogP contribution >= 0.6 is 23.1 Å². The number of ether oxygens (including phenoxy) is 1. The van der Waals surface area contributed by atoms with E-state index in [-0.39, 0.29) is 0 Å². The average molecular weight is 423 g/mol. The molecule has 144 valence electrons. The lowest BCUT2D eigenvalue weighted by molar-refractivity contribution is 0.178. The van der Waals surface area contributed by atoms with Crippen molar-refractivity contribution in [1.29, 1.82) is 0 Å². The smallest absolute Gasteiger partial charge is 0.213 e. The summed E-state index contributed by atoms with van der Waals surface area (Å²) in [5, 5.41) is 11.6. The number of methoxy groups -OCH3 is 1. The number of anilines is 2. The fourth-order valence-corrected chi connectivity index (χ4v) is 4.37. The van der Waals surface area contributed by atoms with Crippen molar-refractivity contribution in [1.82, 2.24) is 40.1 Å². The van der Waals surface area contributed by atoms with Crippen molar-refractivity contribution in [2.75, 3.05) is 12.4 Å². The van der Waals surface area contributed by atoms with Crippen LogP contribution in [0.1, 0.15) is 5.82 Å². The number of aromatic nitrogens is 8. The van der Waals surface area contributed by atoms with E-state index in [0.717, 1.165) is 20.8 Å². The average Bonchev–Trinajstić information content (AvgIpc) is 3.36. The standard InChI is InChI=1S/C17H13N9OS2/c1-27-7-11-22-17(26-25-11)28-10-4-6-19-15-13(10)23-16(29-15)24-14-12-9(20-8-21-14)3-2-5-18-12/h2-6,8H,7H2,1H3,(H,22,25,26)(H,20,21,23,24). The highest BCUT2D eigenvalue weighted by molar-refractivity contribution is 7.99. The van der Waals surface area contributed by atoms with Crippen LogP contribution in [-0.2, 0) is 11.3 Å². The molecule has 5 heterocycles. The second kappa shape index (κ2) is 7.66. The molecule has 10 nitrogen and oxygen atoms in total. The minimum Gasteiger partial charge on any atom is -0.377 e. The van der Waals surface area contributed by atoms with Gasteiger partial charge in [-0.05, 0) is 30.0 Å². The summed E-state index contributed by atoms with van der Waals surface area (Å²) < 4.78 is 5.06. The number of hydrogen-bond donors (Lipinski definition) is 2. The van der Waals surface area contributed by atoms with E-state index in [2.05, 4.69) is 40.4 Å². The molecule has 0 aliphatic carbocycles. The third kappa shape index (κ3) is 3.60. The molecule has 0 fully saturated rings. The van der Waals surface area contributed by atoms with Gasteiger partial charge in [0.25, 0.3) is 0 Å². The van der Waals surface area contributed by atoms with Gasteiger partial charge in [0.2, 0.25) is 5.16 Å². The van der Waals surface area contributed by atoms with Gasteiger partial charge in [-0.15, -0.1) is 5.10 Å². The predicted octanol–water partition coefficient (Wildman–Crippen LogP) is 3.19. The van der Waals surface area contributed by atoms with E-state index in [1.807, 2.05) is 18.2 Å². The Hall–Kier alpha value is -3.22. The van der Waals surface area contributed by atoms with Crippen LogP contribution < -0.4 is 5.32 Å². The van der Waals surface area contributed by atoms with Crippen LogP contribution in [0, 0.1) is 0 Å². The molecule has 0 saturated carbocycles. The van der Waals surface area contributed by atoms with Gasteiger partial charge in [0.1, 0.15) is 28.8 Å². The maximum Gasteiger partial charge on any atom is 0.213 e. The van der Waals surface area contributed by atoms with Crippen LogP contribution in [0.3, 0.4) is 0 Å². The zero-order chi connectivity index (χ0) is 19.6. The summed E-state index contributed by atoms with van der Waals surface area (Å²) >= 11 is 2.85. The van der Waals surface area contributed by atoms with Crippen LogP contribution in [0.2, 0.25) is 0 Å². The van der Waals surface area contributed by atoms with Crippen molar-refractivity contribution in [2.24, 2.45) is 0 Å². The van der Waals surface area contributed by atoms with E-state index in [1.165, 1.54) is 29.4 Å². The topological polar surface area (TPSA) is 127 Å². The predicted molar refractivity (Wildman–Crippen MR) is 109 cm³/mol. The summed E-state index contributed by atoms with van der Waals surface area (Å²) in [5.74, 6) is 1.27. The van der Waals surface area contributed by atoms with Gasteiger partial charge in [-0.25, -0.2) is 24.9 Å². The van der Waals surface area contributed by atoms with Crippen molar-refractivity contribution in [3.63, 3.8) is 0 Å². The molecule has 0 saturated heterocycles. The molecule has 0 amide bonds. The number of rotatable bonds is 6. The van der Waals surface area contributed by atoms with Gasteiger partial charge < -0.3 is 10.1 Å². The monoisotopic (exact) mass is 423 g/mol. The molecule has 0 atom stereocenters. The number of hydrogen-bond acceptors (Lipinski definition) is 11. The summed E-state index contributed by atoms with van der Waals surface area (Å²) in [4.78, 5) is 28.1. The summed E-state index contributed by atoms with van der Waals surface area (Å²) in [6.07, 6.45) is 4.96. The zero-order valence-corrected chi connectivity index (χ0v) is 16.7. The number of nitrogens with zero attached hydrogens (tertiary/aromatic N) is 7. The first-order valence-corrected chi connectivity index (χ1v) is 10.1. The normalized spacial score (nSPS) is 11.3. The number of aromatic amines is 1. The molecule has 0 unspecified atom stereocenters. The molecule has 0 aliphatic rings. The fraction of sp³-hybridized carbons (Fsp3) is 0.118. The van der Waals surface area contributed by atoms with Crippen LogP contribution in [0.25, 0.3) is 21.4 Å². The summed E-state index contributed by atoms with van der Waals surface area (Å²) in [5.41, 5.74) is 2.22. The van der Waals surface area contributed by atoms with Crippen LogP contribution in [0.4, 0.5) is 10.9 Å². The van der Waals surface area contributed by atoms with E-state index in [1.54, 1.807) is 19.5 Å². The van der Waals surface area contributed by atoms with Gasteiger partial charge in [0.05, 0.1) is 5.52 Å². The van der Waals surface area contributed by atoms with E-state index in [4.69, 9.17) is 9.72 Å². The van der Waals surface area contributed by atoms with E-state index >= 15 is 0 Å². The van der Waals surface area contributed by atoms with Crippen molar-refractivity contribution in [2.45, 2.75) is 16.7 Å². The second-order valence-corrected chi connectivity index (χ2v) is 7.79. The molecule has 5 rings (SSSR count). The minimum absolute atomic E-state index is 0.380. The molecule has 5 aromatic rings. The molecule has 0 aromatic carbocycles. The molecule has 0 bridgehead atoms. The van der Waals surface area contributed by atoms with Gasteiger partial charge in [-0.1, -0.05) is 11.3 Å². The maximum atomic E-state index is 5.06. The minimum atomic E-state index is 0.380. The highest BCUT2D eigenvalue weighted by Gasteiger charge is 2.14. The summed E-state index contributed by atoms with van der Waals surface area (Å²) in [6.45, 7) is 0.380. The van der Waals surface area contributed by atoms with Crippen molar-refractivity contribution < 1.29 is 4.74 Å². The van der Waals surface area contributed by atoms with Crippen LogP contribution in [0.5, 0.6) is 0 Å². The van der Waals surface area contributed by atoms with E-state index in [9.17, 15) is 0 Å². The summed E-state index contributed by atoms with van der Waals surface area (Å²) in [7, 11) is 1.61. The highest BCUT2D eigenvalue weighted by atomic mass is 32.2. The molecular weight excluding hydrogens is 410 g/mol. The quantitative estimate of drug-likeness (QED) is 0.420. The molecule has 0 aliphatic heterocycles. The Bertz CT molecular complexity index is 1300. The van der Waals surface area contributed by atoms with Crippen LogP contribution in [-0.4, -0.2) is 47.2 Å². The van der Waals surface area contributed by atoms with Crippen molar-refractivity contribution in [3.8, 4) is 0 Å². The maximum absolute atomic E-state index is 5.06. The third-order valence-corrected chi connectivity index (χ3v) is 5.67. The molecular formula is C17H13N9OS2. The molecule has 2 N–H and O–H groups in total. The molecule has 29 heavy (non-hydrogen) atoms. The first kappa shape index (κ1) is 17.8. The first-order valence-electron chi connectivity index (χ1n) is 8.46. The number of fused-ring (bicyclic) bond motifs is 2. The molecule has 12 heteroatoms. The van der Waals surface area contributed by atoms with Crippen LogP contribution in [0.15, 0.2) is 47.0 Å². The lowest BCUT2D eigenvalue weighted by Crippen LogP contribution is -1.96. The second-order valence-electron chi connectivity index (χ2n) is 5.80. The number of pyridine rings is 2. The van der Waals surface area contributed by atoms with Crippen molar-refractivity contribution in [3.05, 3.63) is 42.7 Å². The highest BCUT2D eigenvalue weighted by Crippen LogP contribution is 2.35. The molecule has 0 radical (unpaired) electrons. The zero-order valence-electron chi connectivity index (χ0n) is 15.0. The largest absolute Gasteiger partial charge is 0.377 e. The molecule has 5 aromatic heterocycles. The Labute approximate surface area is 172 Å². The Morgan fingerprint density at radius 2 is 2.07 bits per heavy atom. The van der Waals surface area contributed by atoms with Gasteiger partial charge in [-0.3, -0.25) is 10.1 Å². The van der Waals surface area contributed by atoms with Gasteiger partial charge in [0.15, 0.2) is 16.8 Å². The van der Waals surface area contributed by atoms with Gasteiger partial charge in [0, 0.05) is 24.4 Å². The third-order valence-electron chi connectivity index (χ3n) is 3.87.